The molecule has 0 saturated heterocycles. The molecule has 10 N–H and O–H groups in total. The second kappa shape index (κ2) is 17.8. The summed E-state index contributed by atoms with van der Waals surface area (Å²) in [5, 5.41) is 65.1. The van der Waals surface area contributed by atoms with Gasteiger partial charge in [0.05, 0.1) is 0 Å². The third-order valence-corrected chi connectivity index (χ3v) is 1.61. The molecule has 0 bridgehead atoms. The molecule has 128 valence electrons. The summed E-state index contributed by atoms with van der Waals surface area (Å²) in [6.07, 6.45) is -9.06. The number of carboxylic acids is 4. The maximum absolute atomic E-state index is 9.77. The molecule has 0 heterocycles. The molecular formula is C8H16K2O13. The van der Waals surface area contributed by atoms with Gasteiger partial charge in [0.2, 0.25) is 0 Å². The van der Waals surface area contributed by atoms with E-state index in [9.17, 15) is 19.2 Å². The van der Waals surface area contributed by atoms with Gasteiger partial charge < -0.3 is 46.3 Å². The van der Waals surface area contributed by atoms with E-state index in [1.54, 1.807) is 0 Å². The van der Waals surface area contributed by atoms with E-state index < -0.39 is 48.3 Å². The van der Waals surface area contributed by atoms with Gasteiger partial charge in [-0.05, 0) is 0 Å². The minimum atomic E-state index is -2.27. The first-order chi connectivity index (χ1) is 8.93. The average molecular weight is 398 g/mol. The summed E-state index contributed by atoms with van der Waals surface area (Å²) in [4.78, 5) is 39.1. The Balaban J connectivity index is -0.0000000831. The Morgan fingerprint density at radius 3 is 0.609 bits per heavy atom. The Labute approximate surface area is 213 Å². The molecule has 0 saturated carbocycles. The van der Waals surface area contributed by atoms with Crippen LogP contribution in [0.1, 0.15) is 0 Å². The Bertz CT molecular complexity index is 314. The van der Waals surface area contributed by atoms with Crippen LogP contribution in [0.2, 0.25) is 0 Å². The van der Waals surface area contributed by atoms with Crippen molar-refractivity contribution in [3.63, 3.8) is 0 Å². The SMILES string of the molecule is O.O=C(O)C(O)C(O)C(=O)O.O=C(O)C(O)C(O)C(=O)O.[KH].[KH]. The van der Waals surface area contributed by atoms with Crippen LogP contribution in [0.25, 0.3) is 0 Å². The molecule has 15 heteroatoms. The molecule has 0 amide bonds. The van der Waals surface area contributed by atoms with Gasteiger partial charge in [-0.2, -0.15) is 0 Å². The molecule has 0 aliphatic rings. The first-order valence-corrected chi connectivity index (χ1v) is 4.57. The fourth-order valence-corrected chi connectivity index (χ4v) is 0.540. The molecular weight excluding hydrogens is 382 g/mol. The predicted octanol–water partition coefficient (Wildman–Crippen LogP) is -6.37. The molecule has 0 spiro atoms. The summed E-state index contributed by atoms with van der Waals surface area (Å²) in [5.41, 5.74) is 0. The van der Waals surface area contributed by atoms with Gasteiger partial charge in [0, 0.05) is 0 Å². The number of aliphatic hydroxyl groups excluding tert-OH is 4. The average Bonchev–Trinajstić information content (AvgIpc) is 2.35. The summed E-state index contributed by atoms with van der Waals surface area (Å²) >= 11 is 0. The first-order valence-electron chi connectivity index (χ1n) is 4.57. The molecule has 0 aliphatic carbocycles. The number of carboxylic acid groups (broad SMARTS) is 4. The van der Waals surface area contributed by atoms with Crippen LogP contribution in [0, 0.1) is 0 Å². The van der Waals surface area contributed by atoms with Crippen LogP contribution in [0.15, 0.2) is 0 Å². The van der Waals surface area contributed by atoms with E-state index in [1.165, 1.54) is 0 Å². The molecule has 0 aromatic carbocycles. The third-order valence-electron chi connectivity index (χ3n) is 1.61. The number of rotatable bonds is 6. The van der Waals surface area contributed by atoms with Crippen LogP contribution in [0.4, 0.5) is 0 Å². The molecule has 13 nitrogen and oxygen atoms in total. The number of hydrogen-bond donors (Lipinski definition) is 8. The normalized spacial score (nSPS) is 13.7. The Hall–Kier alpha value is 0.953. The van der Waals surface area contributed by atoms with Gasteiger partial charge in [0.1, 0.15) is 0 Å². The van der Waals surface area contributed by atoms with Gasteiger partial charge in [-0.1, -0.05) is 0 Å². The van der Waals surface area contributed by atoms with Crippen molar-refractivity contribution in [2.45, 2.75) is 24.4 Å². The van der Waals surface area contributed by atoms with Crippen molar-refractivity contribution < 1.29 is 65.5 Å². The standard InChI is InChI=1S/2C4H6O6.2K.H2O.2H/c2*5-1(3(7)8)2(6)4(9)10;;;;;/h2*1-2,5-6H,(H,7,8)(H,9,10);;;1H2;;. The summed E-state index contributed by atoms with van der Waals surface area (Å²) in [5.74, 6) is -7.07. The zero-order valence-corrected chi connectivity index (χ0v) is 10.0. The molecule has 0 aliphatic heterocycles. The molecule has 0 fully saturated rings. The van der Waals surface area contributed by atoms with Crippen LogP contribution in [-0.2, 0) is 19.2 Å². The zero-order valence-electron chi connectivity index (χ0n) is 10.0. The van der Waals surface area contributed by atoms with E-state index >= 15 is 0 Å². The second-order valence-corrected chi connectivity index (χ2v) is 3.13. The van der Waals surface area contributed by atoms with Crippen molar-refractivity contribution >= 4 is 127 Å². The monoisotopic (exact) mass is 398 g/mol. The van der Waals surface area contributed by atoms with E-state index in [0.29, 0.717) is 0 Å². The Morgan fingerprint density at radius 1 is 0.478 bits per heavy atom. The van der Waals surface area contributed by atoms with Crippen LogP contribution < -0.4 is 0 Å². The summed E-state index contributed by atoms with van der Waals surface area (Å²) in [7, 11) is 0. The van der Waals surface area contributed by atoms with Gasteiger partial charge in [-0.25, -0.2) is 19.2 Å². The van der Waals surface area contributed by atoms with Gasteiger partial charge in [-0.3, -0.25) is 0 Å². The van der Waals surface area contributed by atoms with Crippen LogP contribution >= 0.6 is 0 Å². The summed E-state index contributed by atoms with van der Waals surface area (Å²) < 4.78 is 0. The predicted molar refractivity (Wildman–Crippen MR) is 72.5 cm³/mol. The van der Waals surface area contributed by atoms with E-state index in [0.717, 1.165) is 0 Å². The number of hydrogen-bond acceptors (Lipinski definition) is 8. The molecule has 23 heavy (non-hydrogen) atoms. The van der Waals surface area contributed by atoms with Crippen LogP contribution in [-0.4, -0.2) is 197 Å². The topological polar surface area (TPSA) is 262 Å². The minimum absolute atomic E-state index is 0. The first kappa shape index (κ1) is 35.1. The van der Waals surface area contributed by atoms with Crippen molar-refractivity contribution in [3.8, 4) is 0 Å². The molecule has 0 aromatic heterocycles. The molecule has 0 rings (SSSR count). The molecule has 4 unspecified atom stereocenters. The maximum atomic E-state index is 9.77. The second-order valence-electron chi connectivity index (χ2n) is 3.13. The van der Waals surface area contributed by atoms with Crippen molar-refractivity contribution in [3.05, 3.63) is 0 Å². The van der Waals surface area contributed by atoms with Crippen molar-refractivity contribution in [1.82, 2.24) is 0 Å². The third kappa shape index (κ3) is 16.2. The molecule has 4 atom stereocenters. The quantitative estimate of drug-likeness (QED) is 0.194. The van der Waals surface area contributed by atoms with Gasteiger partial charge in [-0.15, -0.1) is 0 Å². The van der Waals surface area contributed by atoms with Gasteiger partial charge in [0.15, 0.2) is 24.4 Å². The van der Waals surface area contributed by atoms with E-state index in [4.69, 9.17) is 40.9 Å². The fourth-order valence-electron chi connectivity index (χ4n) is 0.540. The Kier molecular flexibility index (Phi) is 27.1. The van der Waals surface area contributed by atoms with E-state index in [1.807, 2.05) is 0 Å². The number of carbonyl (C=O) groups is 4. The van der Waals surface area contributed by atoms with Crippen LogP contribution in [0.3, 0.4) is 0 Å². The Morgan fingerprint density at radius 2 is 0.565 bits per heavy atom. The molecule has 0 aromatic rings. The summed E-state index contributed by atoms with van der Waals surface area (Å²) in [6, 6.07) is 0. The van der Waals surface area contributed by atoms with Crippen molar-refractivity contribution in [1.29, 1.82) is 0 Å². The van der Waals surface area contributed by atoms with Crippen molar-refractivity contribution in [2.24, 2.45) is 0 Å². The zero-order chi connectivity index (χ0) is 16.6. The summed E-state index contributed by atoms with van der Waals surface area (Å²) in [6.45, 7) is 0. The van der Waals surface area contributed by atoms with Crippen LogP contribution in [0.5, 0.6) is 0 Å². The number of aliphatic carboxylic acids is 4. The molecule has 0 radical (unpaired) electrons. The number of aliphatic hydroxyl groups is 4. The fraction of sp³-hybridized carbons (Fsp3) is 0.500. The van der Waals surface area contributed by atoms with Crippen molar-refractivity contribution in [2.75, 3.05) is 0 Å². The van der Waals surface area contributed by atoms with E-state index in [2.05, 4.69) is 0 Å². The van der Waals surface area contributed by atoms with E-state index in [-0.39, 0.29) is 108 Å². The van der Waals surface area contributed by atoms with Gasteiger partial charge >= 0.3 is 127 Å². The van der Waals surface area contributed by atoms with Gasteiger partial charge in [0.25, 0.3) is 0 Å².